The lowest BCUT2D eigenvalue weighted by Gasteiger charge is -2.37. The van der Waals surface area contributed by atoms with Gasteiger partial charge < -0.3 is 15.5 Å². The predicted octanol–water partition coefficient (Wildman–Crippen LogP) is 3.41. The van der Waals surface area contributed by atoms with Gasteiger partial charge in [0.2, 0.25) is 11.9 Å². The van der Waals surface area contributed by atoms with Crippen molar-refractivity contribution in [3.8, 4) is 0 Å². The van der Waals surface area contributed by atoms with E-state index in [1.807, 2.05) is 24.3 Å². The van der Waals surface area contributed by atoms with Crippen molar-refractivity contribution in [2.45, 2.75) is 38.6 Å². The number of anilines is 1. The first-order chi connectivity index (χ1) is 16.5. The summed E-state index contributed by atoms with van der Waals surface area (Å²) in [5.74, 6) is 1.03. The topological polar surface area (TPSA) is 96.9 Å². The second kappa shape index (κ2) is 11.6. The number of oxime groups is 1. The van der Waals surface area contributed by atoms with Crippen molar-refractivity contribution in [2.75, 3.05) is 39.0 Å². The molecule has 2 aromatic rings. The molecule has 1 aromatic heterocycles. The molecule has 34 heavy (non-hydrogen) atoms. The maximum Gasteiger partial charge on any atom is 0.225 e. The van der Waals surface area contributed by atoms with E-state index in [0.29, 0.717) is 17.8 Å². The number of nitrogens with two attached hydrogens (primary N) is 1. The number of carbonyl (C=O) groups is 1. The Balaban J connectivity index is 1.24. The third-order valence-electron chi connectivity index (χ3n) is 6.85. The zero-order chi connectivity index (χ0) is 23.9. The van der Waals surface area contributed by atoms with E-state index >= 15 is 0 Å². The van der Waals surface area contributed by atoms with Gasteiger partial charge in [-0.1, -0.05) is 28.9 Å². The van der Waals surface area contributed by atoms with E-state index in [1.54, 1.807) is 19.5 Å². The van der Waals surface area contributed by atoms with Crippen molar-refractivity contribution in [3.05, 3.63) is 52.8 Å². The molecule has 2 aliphatic heterocycles. The maximum atomic E-state index is 13.2. The molecule has 2 saturated heterocycles. The Morgan fingerprint density at radius 2 is 1.65 bits per heavy atom. The number of nitrogens with zero attached hydrogens (tertiary/aromatic N) is 5. The molecule has 182 valence electrons. The Bertz CT molecular complexity index is 966. The number of aromatic nitrogens is 2. The van der Waals surface area contributed by atoms with Gasteiger partial charge >= 0.3 is 0 Å². The lowest BCUT2D eigenvalue weighted by molar-refractivity contribution is -0.138. The Morgan fingerprint density at radius 1 is 1.03 bits per heavy atom. The second-order valence-corrected chi connectivity index (χ2v) is 9.60. The fourth-order valence-corrected chi connectivity index (χ4v) is 5.04. The van der Waals surface area contributed by atoms with Crippen LogP contribution in [0.5, 0.6) is 0 Å². The predicted molar refractivity (Wildman–Crippen MR) is 133 cm³/mol. The molecule has 3 heterocycles. The number of rotatable bonds is 7. The zero-order valence-electron chi connectivity index (χ0n) is 19.7. The summed E-state index contributed by atoms with van der Waals surface area (Å²) in [5.41, 5.74) is 8.82. The first kappa shape index (κ1) is 24.4. The smallest absolute Gasteiger partial charge is 0.225 e. The van der Waals surface area contributed by atoms with E-state index in [0.717, 1.165) is 86.7 Å². The summed E-state index contributed by atoms with van der Waals surface area (Å²) in [5, 5.41) is 5.06. The van der Waals surface area contributed by atoms with E-state index in [9.17, 15) is 4.79 Å². The van der Waals surface area contributed by atoms with Crippen LogP contribution in [-0.4, -0.2) is 64.7 Å². The minimum absolute atomic E-state index is 0.108. The Morgan fingerprint density at radius 3 is 2.26 bits per heavy atom. The van der Waals surface area contributed by atoms with Gasteiger partial charge in [0.25, 0.3) is 0 Å². The number of hydrogen-bond donors (Lipinski definition) is 1. The van der Waals surface area contributed by atoms with Crippen LogP contribution in [0, 0.1) is 11.8 Å². The van der Waals surface area contributed by atoms with Gasteiger partial charge in [0.05, 0.1) is 5.71 Å². The Kier molecular flexibility index (Phi) is 8.34. The number of hydrogen-bond acceptors (Lipinski definition) is 7. The van der Waals surface area contributed by atoms with Crippen molar-refractivity contribution in [1.29, 1.82) is 0 Å². The van der Waals surface area contributed by atoms with Crippen LogP contribution >= 0.6 is 11.6 Å². The van der Waals surface area contributed by atoms with Crippen molar-refractivity contribution in [2.24, 2.45) is 17.0 Å². The molecule has 2 fully saturated rings. The number of nitrogen functional groups attached to an aromatic ring is 1. The van der Waals surface area contributed by atoms with Crippen LogP contribution in [0.25, 0.3) is 0 Å². The molecule has 9 heteroatoms. The van der Waals surface area contributed by atoms with Crippen LogP contribution in [0.15, 0.2) is 41.8 Å². The molecular weight excluding hydrogens is 452 g/mol. The summed E-state index contributed by atoms with van der Waals surface area (Å²) in [6.07, 6.45) is 7.90. The molecule has 0 radical (unpaired) electrons. The lowest BCUT2D eigenvalue weighted by Crippen LogP contribution is -2.46. The van der Waals surface area contributed by atoms with Crippen molar-refractivity contribution in [1.82, 2.24) is 19.8 Å². The van der Waals surface area contributed by atoms with Gasteiger partial charge in [-0.05, 0) is 56.5 Å². The number of piperidine rings is 2. The largest absolute Gasteiger partial charge is 0.399 e. The number of benzene rings is 1. The summed E-state index contributed by atoms with van der Waals surface area (Å²) in [6.45, 7) is 4.15. The molecule has 0 bridgehead atoms. The molecular formula is C25H33ClN6O2. The summed E-state index contributed by atoms with van der Waals surface area (Å²) in [6, 6.07) is 7.85. The van der Waals surface area contributed by atoms with E-state index < -0.39 is 0 Å². The van der Waals surface area contributed by atoms with Crippen LogP contribution < -0.4 is 5.73 Å². The first-order valence-corrected chi connectivity index (χ1v) is 12.3. The third kappa shape index (κ3) is 6.45. The first-order valence-electron chi connectivity index (χ1n) is 11.9. The highest BCUT2D eigenvalue weighted by molar-refractivity contribution is 6.30. The fraction of sp³-hybridized carbons (Fsp3) is 0.520. The molecule has 0 spiro atoms. The highest BCUT2D eigenvalue weighted by Crippen LogP contribution is 2.26. The molecule has 2 aliphatic rings. The van der Waals surface area contributed by atoms with Gasteiger partial charge in [-0.25, -0.2) is 9.97 Å². The number of amides is 1. The molecule has 0 saturated carbocycles. The third-order valence-corrected chi connectivity index (χ3v) is 7.11. The summed E-state index contributed by atoms with van der Waals surface area (Å²) < 4.78 is 0. The number of likely N-dealkylation sites (tertiary alicyclic amines) is 2. The number of carbonyl (C=O) groups excluding carboxylic acids is 1. The van der Waals surface area contributed by atoms with Gasteiger partial charge in [0.15, 0.2) is 0 Å². The maximum absolute atomic E-state index is 13.2. The van der Waals surface area contributed by atoms with Crippen molar-refractivity contribution in [3.63, 3.8) is 0 Å². The van der Waals surface area contributed by atoms with E-state index in [2.05, 4.69) is 24.9 Å². The van der Waals surface area contributed by atoms with Gasteiger partial charge in [0, 0.05) is 60.9 Å². The Labute approximate surface area is 206 Å². The normalized spacial score (nSPS) is 18.8. The SMILES string of the molecule is CON=C(Cc1ccc(Cl)cc1)C1CCN(C(=O)C2CCN(Cc3cnc(N)nc3)CC2)CC1. The van der Waals surface area contributed by atoms with E-state index in [4.69, 9.17) is 22.2 Å². The van der Waals surface area contributed by atoms with Gasteiger partial charge in [0.1, 0.15) is 7.11 Å². The standard InChI is InChI=1S/C25H33ClN6O2/c1-34-30-23(14-18-2-4-22(26)5-3-18)20-8-12-32(13-9-20)24(33)21-6-10-31(11-7-21)17-19-15-28-25(27)29-16-19/h2-5,15-16,20-21H,6-14,17H2,1H3,(H2,27,28,29). The Hall–Kier alpha value is -2.71. The molecule has 1 aromatic carbocycles. The average molecular weight is 485 g/mol. The average Bonchev–Trinajstić information content (AvgIpc) is 2.87. The quantitative estimate of drug-likeness (QED) is 0.478. The summed E-state index contributed by atoms with van der Waals surface area (Å²) >= 11 is 6.01. The van der Waals surface area contributed by atoms with Crippen LogP contribution in [0.3, 0.4) is 0 Å². The van der Waals surface area contributed by atoms with Gasteiger partial charge in [-0.3, -0.25) is 9.69 Å². The minimum Gasteiger partial charge on any atom is -0.399 e. The van der Waals surface area contributed by atoms with Crippen molar-refractivity contribution < 1.29 is 9.63 Å². The minimum atomic E-state index is 0.108. The van der Waals surface area contributed by atoms with E-state index in [1.165, 1.54) is 0 Å². The molecule has 8 nitrogen and oxygen atoms in total. The molecule has 1 amide bonds. The van der Waals surface area contributed by atoms with Gasteiger partial charge in [-0.2, -0.15) is 0 Å². The number of halogens is 1. The van der Waals surface area contributed by atoms with Crippen LogP contribution in [-0.2, 0) is 22.6 Å². The molecule has 0 atom stereocenters. The van der Waals surface area contributed by atoms with E-state index in [-0.39, 0.29) is 5.92 Å². The van der Waals surface area contributed by atoms with Crippen molar-refractivity contribution >= 4 is 29.2 Å². The fourth-order valence-electron chi connectivity index (χ4n) is 4.91. The lowest BCUT2D eigenvalue weighted by atomic mass is 9.87. The molecule has 0 unspecified atom stereocenters. The van der Waals surface area contributed by atoms with Crippen LogP contribution in [0.4, 0.5) is 5.95 Å². The van der Waals surface area contributed by atoms with Gasteiger partial charge in [-0.15, -0.1) is 0 Å². The highest BCUT2D eigenvalue weighted by Gasteiger charge is 2.32. The highest BCUT2D eigenvalue weighted by atomic mass is 35.5. The summed E-state index contributed by atoms with van der Waals surface area (Å²) in [7, 11) is 1.59. The van der Waals surface area contributed by atoms with Crippen LogP contribution in [0.1, 0.15) is 36.8 Å². The summed E-state index contributed by atoms with van der Waals surface area (Å²) in [4.78, 5) is 30.9. The second-order valence-electron chi connectivity index (χ2n) is 9.17. The molecule has 0 aliphatic carbocycles. The molecule has 4 rings (SSSR count). The molecule has 2 N–H and O–H groups in total. The zero-order valence-corrected chi connectivity index (χ0v) is 20.5. The van der Waals surface area contributed by atoms with Crippen LogP contribution in [0.2, 0.25) is 5.02 Å². The monoisotopic (exact) mass is 484 g/mol.